The molecule has 4 atom stereocenters. The maximum Gasteiger partial charge on any atom is 0.408 e. The summed E-state index contributed by atoms with van der Waals surface area (Å²) in [4.78, 5) is 92.7. The van der Waals surface area contributed by atoms with Gasteiger partial charge in [0, 0.05) is 32.5 Å². The van der Waals surface area contributed by atoms with Gasteiger partial charge in [-0.2, -0.15) is 0 Å². The van der Waals surface area contributed by atoms with Crippen molar-refractivity contribution in [1.29, 1.82) is 0 Å². The number of aryl methyl sites for hydroxylation is 1. The number of nitrogens with zero attached hydrogens (tertiary/aromatic N) is 4. The first-order valence-corrected chi connectivity index (χ1v) is 18.5. The number of carbonyl (C=O) groups excluding carboxylic acids is 5. The molecule has 1 aliphatic carbocycles. The average molecular weight is 723 g/mol. The number of imide groups is 1. The predicted octanol–water partition coefficient (Wildman–Crippen LogP) is 2.63. The summed E-state index contributed by atoms with van der Waals surface area (Å²) in [5.41, 5.74) is 1.37. The number of hydrogen-bond donors (Lipinski definition) is 3. The highest BCUT2D eigenvalue weighted by atomic mass is 16.6. The minimum Gasteiger partial charge on any atom is -0.480 e. The topological polar surface area (TPSA) is 189 Å². The Hall–Kier alpha value is -4.69. The Morgan fingerprint density at radius 2 is 1.65 bits per heavy atom. The number of ether oxygens (including phenoxy) is 1. The summed E-state index contributed by atoms with van der Waals surface area (Å²) in [6.07, 6.45) is 5.72. The summed E-state index contributed by atoms with van der Waals surface area (Å²) in [6.45, 7) is 5.42. The van der Waals surface area contributed by atoms with Crippen LogP contribution in [0.1, 0.15) is 96.6 Å². The molecule has 15 heteroatoms. The number of nitrogens with one attached hydrogen (secondary N) is 2. The van der Waals surface area contributed by atoms with Gasteiger partial charge in [-0.1, -0.05) is 6.07 Å². The molecule has 0 bridgehead atoms. The van der Waals surface area contributed by atoms with Crippen molar-refractivity contribution < 1.29 is 38.6 Å². The van der Waals surface area contributed by atoms with Crippen LogP contribution in [-0.2, 0) is 42.2 Å². The molecule has 4 heterocycles. The third-order valence-corrected chi connectivity index (χ3v) is 11.1. The molecule has 0 radical (unpaired) electrons. The number of imidazole rings is 1. The van der Waals surface area contributed by atoms with Crippen molar-refractivity contribution >= 4 is 46.7 Å². The standard InChI is InChI=1S/C37H50N6O9/c1-37(2,3)52-35(50)38-25-20-41(16-15-24-10-12-28(34(48)49)42(24)33(25)47)31(45)19-22-7-5-21(6-8-22)17-23-9-11-26-29(18-23)40(4)36(51)43(26)27-13-14-30(44)39-32(27)46/h9,11,18,21-22,24-25,27-28H,5-8,10,12-17,19-20H2,1-4H3,(H,38,50)(H,48,49)(H,39,44,46)/t21?,22?,24-,25+,27?,28+/m1/s1. The summed E-state index contributed by atoms with van der Waals surface area (Å²) in [7, 11) is 1.69. The number of carboxylic acid groups (broad SMARTS) is 1. The fourth-order valence-electron chi connectivity index (χ4n) is 8.52. The lowest BCUT2D eigenvalue weighted by Crippen LogP contribution is -2.60. The number of alkyl carbamates (subject to hydrolysis) is 1. The van der Waals surface area contributed by atoms with Gasteiger partial charge >= 0.3 is 17.8 Å². The van der Waals surface area contributed by atoms with Crippen LogP contribution in [0.4, 0.5) is 4.79 Å². The van der Waals surface area contributed by atoms with E-state index in [1.807, 2.05) is 18.2 Å². The molecule has 2 aromatic rings. The van der Waals surface area contributed by atoms with Crippen molar-refractivity contribution in [2.45, 2.75) is 121 Å². The lowest BCUT2D eigenvalue weighted by Gasteiger charge is -2.39. The second-order valence-electron chi connectivity index (χ2n) is 16.0. The van der Waals surface area contributed by atoms with E-state index in [4.69, 9.17) is 4.74 Å². The molecule has 3 aliphatic heterocycles. The highest BCUT2D eigenvalue weighted by Crippen LogP contribution is 2.35. The van der Waals surface area contributed by atoms with Gasteiger partial charge in [-0.3, -0.25) is 33.6 Å². The Kier molecular flexibility index (Phi) is 10.5. The van der Waals surface area contributed by atoms with Crippen LogP contribution in [0.3, 0.4) is 0 Å². The van der Waals surface area contributed by atoms with E-state index in [1.54, 1.807) is 37.3 Å². The normalized spacial score (nSPS) is 27.1. The maximum absolute atomic E-state index is 13.8. The van der Waals surface area contributed by atoms with Crippen LogP contribution >= 0.6 is 0 Å². The van der Waals surface area contributed by atoms with Crippen LogP contribution in [0.15, 0.2) is 23.0 Å². The zero-order chi connectivity index (χ0) is 37.5. The molecule has 3 N–H and O–H groups in total. The van der Waals surface area contributed by atoms with Crippen molar-refractivity contribution in [3.05, 3.63) is 34.2 Å². The number of aliphatic carboxylic acids is 1. The van der Waals surface area contributed by atoms with E-state index < -0.39 is 47.6 Å². The van der Waals surface area contributed by atoms with Crippen molar-refractivity contribution in [1.82, 2.24) is 29.6 Å². The number of aromatic nitrogens is 2. The van der Waals surface area contributed by atoms with E-state index in [0.717, 1.165) is 43.2 Å². The molecule has 1 aromatic carbocycles. The highest BCUT2D eigenvalue weighted by Gasteiger charge is 2.46. The van der Waals surface area contributed by atoms with E-state index in [0.29, 0.717) is 43.7 Å². The van der Waals surface area contributed by atoms with E-state index >= 15 is 0 Å². The quantitative estimate of drug-likeness (QED) is 0.361. The molecule has 5 amide bonds. The van der Waals surface area contributed by atoms with Crippen LogP contribution in [0.2, 0.25) is 0 Å². The van der Waals surface area contributed by atoms with E-state index in [-0.39, 0.29) is 48.9 Å². The number of benzene rings is 1. The van der Waals surface area contributed by atoms with Crippen LogP contribution in [0, 0.1) is 11.8 Å². The smallest absolute Gasteiger partial charge is 0.408 e. The average Bonchev–Trinajstić information content (AvgIpc) is 3.60. The molecule has 282 valence electrons. The number of carbonyl (C=O) groups is 6. The number of hydrogen-bond acceptors (Lipinski definition) is 8. The SMILES string of the molecule is Cn1c(=O)n(C2CCC(=O)NC2=O)c2ccc(CC3CCC(CC(=O)N4CC[C@H]5CC[C@@H](C(=O)O)N5C(=O)[C@@H](NC(=O)OC(C)(C)C)C4)CC3)cc21. The zero-order valence-electron chi connectivity index (χ0n) is 30.4. The van der Waals surface area contributed by atoms with Gasteiger partial charge in [-0.05, 0) is 108 Å². The van der Waals surface area contributed by atoms with Crippen molar-refractivity contribution in [2.75, 3.05) is 13.1 Å². The van der Waals surface area contributed by atoms with Gasteiger partial charge in [0.2, 0.25) is 23.6 Å². The molecule has 3 saturated heterocycles. The first kappa shape index (κ1) is 37.1. The van der Waals surface area contributed by atoms with Crippen LogP contribution in [0.25, 0.3) is 11.0 Å². The Morgan fingerprint density at radius 1 is 0.942 bits per heavy atom. The van der Waals surface area contributed by atoms with Crippen molar-refractivity contribution in [2.24, 2.45) is 18.9 Å². The number of amides is 5. The number of rotatable bonds is 7. The van der Waals surface area contributed by atoms with Gasteiger partial charge in [0.15, 0.2) is 0 Å². The lowest BCUT2D eigenvalue weighted by atomic mass is 9.78. The lowest BCUT2D eigenvalue weighted by molar-refractivity contribution is -0.152. The molecule has 0 spiro atoms. The fourth-order valence-corrected chi connectivity index (χ4v) is 8.52. The monoisotopic (exact) mass is 722 g/mol. The highest BCUT2D eigenvalue weighted by molar-refractivity contribution is 6.00. The van der Waals surface area contributed by atoms with Crippen LogP contribution in [0.5, 0.6) is 0 Å². The Balaban J connectivity index is 1.07. The molecular weight excluding hydrogens is 672 g/mol. The van der Waals surface area contributed by atoms with Crippen LogP contribution < -0.4 is 16.3 Å². The minimum absolute atomic E-state index is 0.0575. The zero-order valence-corrected chi connectivity index (χ0v) is 30.4. The van der Waals surface area contributed by atoms with Gasteiger partial charge in [0.25, 0.3) is 0 Å². The van der Waals surface area contributed by atoms with E-state index in [1.165, 1.54) is 9.47 Å². The Bertz CT molecular complexity index is 1820. The number of piperidine rings is 1. The van der Waals surface area contributed by atoms with Crippen LogP contribution in [-0.4, -0.2) is 96.5 Å². The number of carboxylic acids is 1. The first-order chi connectivity index (χ1) is 24.6. The Morgan fingerprint density at radius 3 is 2.33 bits per heavy atom. The maximum atomic E-state index is 13.8. The molecule has 1 saturated carbocycles. The van der Waals surface area contributed by atoms with Gasteiger partial charge in [0.1, 0.15) is 23.7 Å². The molecule has 15 nitrogen and oxygen atoms in total. The Labute approximate surface area is 302 Å². The molecule has 1 aromatic heterocycles. The molecule has 6 rings (SSSR count). The molecular formula is C37H50N6O9. The second-order valence-corrected chi connectivity index (χ2v) is 16.0. The molecule has 4 aliphatic rings. The van der Waals surface area contributed by atoms with Crippen molar-refractivity contribution in [3.63, 3.8) is 0 Å². The van der Waals surface area contributed by atoms with E-state index in [9.17, 15) is 38.7 Å². The second kappa shape index (κ2) is 14.7. The summed E-state index contributed by atoms with van der Waals surface area (Å²) in [5.74, 6) is -1.89. The summed E-state index contributed by atoms with van der Waals surface area (Å²) in [6, 6.07) is 2.72. The van der Waals surface area contributed by atoms with Gasteiger partial charge in [-0.15, -0.1) is 0 Å². The third-order valence-electron chi connectivity index (χ3n) is 11.1. The number of fused-ring (bicyclic) bond motifs is 2. The van der Waals surface area contributed by atoms with Gasteiger partial charge < -0.3 is 25.0 Å². The van der Waals surface area contributed by atoms with Gasteiger partial charge in [-0.25, -0.2) is 14.4 Å². The predicted molar refractivity (Wildman–Crippen MR) is 188 cm³/mol. The summed E-state index contributed by atoms with van der Waals surface area (Å²) in [5, 5.41) is 14.8. The van der Waals surface area contributed by atoms with Crippen molar-refractivity contribution in [3.8, 4) is 0 Å². The summed E-state index contributed by atoms with van der Waals surface area (Å²) < 4.78 is 8.43. The van der Waals surface area contributed by atoms with E-state index in [2.05, 4.69) is 10.6 Å². The third kappa shape index (κ3) is 7.87. The fraction of sp³-hybridized carbons (Fsp3) is 0.649. The molecule has 52 heavy (non-hydrogen) atoms. The largest absolute Gasteiger partial charge is 0.480 e. The molecule has 1 unspecified atom stereocenters. The molecule has 4 fully saturated rings. The van der Waals surface area contributed by atoms with Gasteiger partial charge in [0.05, 0.1) is 17.6 Å². The minimum atomic E-state index is -1.13. The summed E-state index contributed by atoms with van der Waals surface area (Å²) >= 11 is 0. The first-order valence-electron chi connectivity index (χ1n) is 18.5.